The van der Waals surface area contributed by atoms with Crippen LogP contribution in [0.15, 0.2) is 30.3 Å². The van der Waals surface area contributed by atoms with Gasteiger partial charge in [-0.25, -0.2) is 4.39 Å². The number of hydrogen-bond acceptors (Lipinski definition) is 2. The van der Waals surface area contributed by atoms with Gasteiger partial charge in [0.05, 0.1) is 10.0 Å². The molecule has 2 aromatic rings. The van der Waals surface area contributed by atoms with Crippen molar-refractivity contribution in [1.82, 2.24) is 5.32 Å². The van der Waals surface area contributed by atoms with Crippen molar-refractivity contribution < 1.29 is 9.13 Å². The minimum absolute atomic E-state index is 0.0103. The van der Waals surface area contributed by atoms with Crippen molar-refractivity contribution in [3.8, 4) is 5.75 Å². The molecule has 0 unspecified atom stereocenters. The molecule has 0 saturated heterocycles. The molecule has 0 bridgehead atoms. The summed E-state index contributed by atoms with van der Waals surface area (Å²) in [6.45, 7) is 0.518. The summed E-state index contributed by atoms with van der Waals surface area (Å²) in [4.78, 5) is 0. The quantitative estimate of drug-likeness (QED) is 0.813. The molecule has 0 aliphatic carbocycles. The van der Waals surface area contributed by atoms with Crippen molar-refractivity contribution in [3.05, 3.63) is 62.3 Å². The number of halogens is 4. The lowest BCUT2D eigenvalue weighted by Gasteiger charge is -2.14. The van der Waals surface area contributed by atoms with Gasteiger partial charge in [0.1, 0.15) is 18.2 Å². The molecule has 0 aliphatic heterocycles. The zero-order chi connectivity index (χ0) is 15.4. The number of ether oxygens (including phenoxy) is 1. The van der Waals surface area contributed by atoms with Gasteiger partial charge in [-0.05, 0) is 31.3 Å². The maximum atomic E-state index is 13.7. The second kappa shape index (κ2) is 7.32. The predicted molar refractivity (Wildman–Crippen MR) is 85.0 cm³/mol. The average Bonchev–Trinajstić information content (AvgIpc) is 2.40. The molecule has 2 aromatic carbocycles. The fraction of sp³-hybridized carbons (Fsp3) is 0.200. The smallest absolute Gasteiger partial charge is 0.142 e. The van der Waals surface area contributed by atoms with Crippen molar-refractivity contribution in [3.63, 3.8) is 0 Å². The monoisotopic (exact) mass is 347 g/mol. The van der Waals surface area contributed by atoms with E-state index >= 15 is 0 Å². The summed E-state index contributed by atoms with van der Waals surface area (Å²) in [6.07, 6.45) is 0. The summed E-state index contributed by atoms with van der Waals surface area (Å²) in [5, 5.41) is 4.21. The fourth-order valence-corrected chi connectivity index (χ4v) is 2.72. The van der Waals surface area contributed by atoms with E-state index < -0.39 is 5.82 Å². The summed E-state index contributed by atoms with van der Waals surface area (Å²) < 4.78 is 19.4. The highest BCUT2D eigenvalue weighted by atomic mass is 35.5. The lowest BCUT2D eigenvalue weighted by atomic mass is 10.2. The van der Waals surface area contributed by atoms with E-state index in [9.17, 15) is 4.39 Å². The summed E-state index contributed by atoms with van der Waals surface area (Å²) in [5.74, 6) is 0.0532. The first-order valence-electron chi connectivity index (χ1n) is 6.21. The Hall–Kier alpha value is -1.00. The summed E-state index contributed by atoms with van der Waals surface area (Å²) in [5.41, 5.74) is 1.09. The molecule has 0 saturated carbocycles. The van der Waals surface area contributed by atoms with Crippen molar-refractivity contribution in [2.75, 3.05) is 7.05 Å². The molecule has 0 fully saturated rings. The Morgan fingerprint density at radius 1 is 1.14 bits per heavy atom. The Morgan fingerprint density at radius 3 is 2.57 bits per heavy atom. The molecule has 0 aromatic heterocycles. The molecule has 0 atom stereocenters. The Balaban J connectivity index is 2.27. The fourth-order valence-electron chi connectivity index (χ4n) is 1.91. The molecule has 21 heavy (non-hydrogen) atoms. The molecule has 0 radical (unpaired) electrons. The number of benzene rings is 2. The zero-order valence-electron chi connectivity index (χ0n) is 11.2. The Morgan fingerprint density at radius 2 is 1.90 bits per heavy atom. The largest absolute Gasteiger partial charge is 0.487 e. The highest BCUT2D eigenvalue weighted by molar-refractivity contribution is 6.35. The van der Waals surface area contributed by atoms with Gasteiger partial charge in [0.25, 0.3) is 0 Å². The van der Waals surface area contributed by atoms with Gasteiger partial charge in [-0.3, -0.25) is 0 Å². The summed E-state index contributed by atoms with van der Waals surface area (Å²) >= 11 is 18.1. The standard InChI is InChI=1S/C15H13Cl3FNO/c1-20-7-9-5-10(16)6-13(18)15(9)21-8-11-12(17)3-2-4-14(11)19/h2-6,20H,7-8H2,1H3. The van der Waals surface area contributed by atoms with Gasteiger partial charge >= 0.3 is 0 Å². The SMILES string of the molecule is CNCc1cc(Cl)cc(Cl)c1OCc1c(F)cccc1Cl. The van der Waals surface area contributed by atoms with Crippen LogP contribution in [0.2, 0.25) is 15.1 Å². The normalized spacial score (nSPS) is 10.7. The third kappa shape index (κ3) is 4.01. The second-order valence-corrected chi connectivity index (χ2v) is 5.65. The first-order chi connectivity index (χ1) is 10.0. The topological polar surface area (TPSA) is 21.3 Å². The van der Waals surface area contributed by atoms with Crippen LogP contribution in [0.25, 0.3) is 0 Å². The van der Waals surface area contributed by atoms with Crippen molar-refractivity contribution >= 4 is 34.8 Å². The predicted octanol–water partition coefficient (Wildman–Crippen LogP) is 5.08. The molecule has 1 N–H and O–H groups in total. The van der Waals surface area contributed by atoms with Crippen LogP contribution < -0.4 is 10.1 Å². The molecule has 0 heterocycles. The van der Waals surface area contributed by atoms with E-state index in [0.29, 0.717) is 32.9 Å². The van der Waals surface area contributed by atoms with Crippen LogP contribution in [-0.2, 0) is 13.2 Å². The number of rotatable bonds is 5. The van der Waals surface area contributed by atoms with Gasteiger partial charge in [0, 0.05) is 22.7 Å². The van der Waals surface area contributed by atoms with Gasteiger partial charge in [-0.15, -0.1) is 0 Å². The first-order valence-corrected chi connectivity index (χ1v) is 7.34. The van der Waals surface area contributed by atoms with E-state index in [1.54, 1.807) is 31.3 Å². The third-order valence-electron chi connectivity index (χ3n) is 2.88. The number of hydrogen-bond donors (Lipinski definition) is 1. The minimum atomic E-state index is -0.414. The van der Waals surface area contributed by atoms with E-state index in [-0.39, 0.29) is 6.61 Å². The summed E-state index contributed by atoms with van der Waals surface area (Å²) in [7, 11) is 1.80. The van der Waals surface area contributed by atoms with Crippen molar-refractivity contribution in [2.45, 2.75) is 13.2 Å². The molecular formula is C15H13Cl3FNO. The molecule has 2 rings (SSSR count). The molecule has 2 nitrogen and oxygen atoms in total. The third-order valence-corrected chi connectivity index (χ3v) is 3.73. The summed E-state index contributed by atoms with van der Waals surface area (Å²) in [6, 6.07) is 7.83. The Labute approximate surface area is 137 Å². The van der Waals surface area contributed by atoms with E-state index in [2.05, 4.69) is 5.32 Å². The van der Waals surface area contributed by atoms with Crippen LogP contribution in [0.5, 0.6) is 5.75 Å². The van der Waals surface area contributed by atoms with Crippen LogP contribution in [0.3, 0.4) is 0 Å². The first kappa shape index (κ1) is 16.4. The van der Waals surface area contributed by atoms with Crippen LogP contribution in [0.4, 0.5) is 4.39 Å². The van der Waals surface area contributed by atoms with Crippen molar-refractivity contribution in [1.29, 1.82) is 0 Å². The maximum Gasteiger partial charge on any atom is 0.142 e. The Bertz CT molecular complexity index is 629. The lowest BCUT2D eigenvalue weighted by Crippen LogP contribution is -2.08. The highest BCUT2D eigenvalue weighted by Gasteiger charge is 2.13. The van der Waals surface area contributed by atoms with Crippen LogP contribution in [0, 0.1) is 5.82 Å². The second-order valence-electron chi connectivity index (χ2n) is 4.40. The lowest BCUT2D eigenvalue weighted by molar-refractivity contribution is 0.296. The van der Waals surface area contributed by atoms with E-state index in [0.717, 1.165) is 5.56 Å². The van der Waals surface area contributed by atoms with Crippen LogP contribution >= 0.6 is 34.8 Å². The van der Waals surface area contributed by atoms with E-state index in [1.807, 2.05) is 0 Å². The van der Waals surface area contributed by atoms with Gasteiger partial charge in [-0.1, -0.05) is 40.9 Å². The van der Waals surface area contributed by atoms with Crippen LogP contribution in [-0.4, -0.2) is 7.05 Å². The van der Waals surface area contributed by atoms with Crippen molar-refractivity contribution in [2.24, 2.45) is 0 Å². The molecule has 112 valence electrons. The van der Waals surface area contributed by atoms with E-state index in [4.69, 9.17) is 39.5 Å². The van der Waals surface area contributed by atoms with Crippen LogP contribution in [0.1, 0.15) is 11.1 Å². The molecule has 0 aliphatic rings. The Kier molecular flexibility index (Phi) is 5.71. The van der Waals surface area contributed by atoms with Gasteiger partial charge in [0.15, 0.2) is 0 Å². The molecule has 0 amide bonds. The van der Waals surface area contributed by atoms with Gasteiger partial charge in [-0.2, -0.15) is 0 Å². The highest BCUT2D eigenvalue weighted by Crippen LogP contribution is 2.33. The maximum absolute atomic E-state index is 13.7. The zero-order valence-corrected chi connectivity index (χ0v) is 13.5. The van der Waals surface area contributed by atoms with E-state index in [1.165, 1.54) is 6.07 Å². The molecule has 0 spiro atoms. The molecule has 6 heteroatoms. The van der Waals surface area contributed by atoms with Gasteiger partial charge in [0.2, 0.25) is 0 Å². The average molecular weight is 349 g/mol. The van der Waals surface area contributed by atoms with Gasteiger partial charge < -0.3 is 10.1 Å². The number of nitrogens with one attached hydrogen (secondary N) is 1. The minimum Gasteiger partial charge on any atom is -0.487 e. The molecular weight excluding hydrogens is 336 g/mol.